The van der Waals surface area contributed by atoms with Gasteiger partial charge in [0.05, 0.1) is 5.69 Å². The third-order valence-corrected chi connectivity index (χ3v) is 4.63. The third-order valence-electron chi connectivity index (χ3n) is 3.23. The lowest BCUT2D eigenvalue weighted by atomic mass is 10.2. The molecule has 2 aromatic rings. The molecule has 0 radical (unpaired) electrons. The van der Waals surface area contributed by atoms with Gasteiger partial charge in [0.25, 0.3) is 0 Å². The molecular weight excluding hydrogens is 258 g/mol. The summed E-state index contributed by atoms with van der Waals surface area (Å²) in [6.07, 6.45) is 3.97. The Balaban J connectivity index is 1.67. The van der Waals surface area contributed by atoms with Crippen molar-refractivity contribution in [2.75, 3.05) is 17.6 Å². The molecule has 0 aliphatic carbocycles. The largest absolute Gasteiger partial charge is 0.352 e. The minimum atomic E-state index is 0.676. The fraction of sp³-hybridized carbons (Fsp3) is 0.462. The van der Waals surface area contributed by atoms with Gasteiger partial charge in [-0.05, 0) is 41.2 Å². The molecule has 5 nitrogen and oxygen atoms in total. The Morgan fingerprint density at radius 3 is 2.95 bits per heavy atom. The molecule has 1 unspecified atom stereocenters. The van der Waals surface area contributed by atoms with Crippen LogP contribution in [0.2, 0.25) is 0 Å². The Bertz CT molecular complexity index is 507. The number of aromatic nitrogens is 4. The number of nitrogens with one attached hydrogen (secondary N) is 1. The van der Waals surface area contributed by atoms with Crippen LogP contribution in [0.1, 0.15) is 19.3 Å². The normalized spacial score (nSPS) is 19.3. The van der Waals surface area contributed by atoms with E-state index in [1.807, 2.05) is 42.1 Å². The zero-order valence-electron chi connectivity index (χ0n) is 10.7. The monoisotopic (exact) mass is 275 g/mol. The Hall–Kier alpha value is -1.56. The molecule has 3 rings (SSSR count). The average Bonchev–Trinajstić information content (AvgIpc) is 2.95. The lowest BCUT2D eigenvalue weighted by Crippen LogP contribution is -2.21. The van der Waals surface area contributed by atoms with Gasteiger partial charge in [0.2, 0.25) is 5.95 Å². The lowest BCUT2D eigenvalue weighted by Gasteiger charge is -2.21. The minimum Gasteiger partial charge on any atom is -0.352 e. The van der Waals surface area contributed by atoms with Crippen molar-refractivity contribution in [1.29, 1.82) is 0 Å². The lowest BCUT2D eigenvalue weighted by molar-refractivity contribution is 0.675. The summed E-state index contributed by atoms with van der Waals surface area (Å²) in [5.41, 5.74) is 0.978. The first kappa shape index (κ1) is 12.5. The topological polar surface area (TPSA) is 55.6 Å². The van der Waals surface area contributed by atoms with Crippen molar-refractivity contribution in [2.45, 2.75) is 24.5 Å². The summed E-state index contributed by atoms with van der Waals surface area (Å²) < 4.78 is 1.74. The standard InChI is InChI=1S/C13H17N5S/c1-2-6-11(7-3-1)18-13(15-16-17-18)14-10-12-8-4-5-9-19-12/h1-3,6-7,12H,4-5,8-10H2,(H,14,15,17). The van der Waals surface area contributed by atoms with Crippen LogP contribution in [0.4, 0.5) is 5.95 Å². The second kappa shape index (κ2) is 6.06. The van der Waals surface area contributed by atoms with E-state index in [0.29, 0.717) is 5.25 Å². The van der Waals surface area contributed by atoms with Crippen LogP contribution in [0, 0.1) is 0 Å². The van der Waals surface area contributed by atoms with E-state index in [-0.39, 0.29) is 0 Å². The molecule has 0 spiro atoms. The van der Waals surface area contributed by atoms with E-state index >= 15 is 0 Å². The smallest absolute Gasteiger partial charge is 0.247 e. The van der Waals surface area contributed by atoms with Crippen LogP contribution in [0.15, 0.2) is 30.3 Å². The molecule has 1 atom stereocenters. The van der Waals surface area contributed by atoms with Crippen molar-refractivity contribution in [2.24, 2.45) is 0 Å². The van der Waals surface area contributed by atoms with E-state index in [1.165, 1.54) is 25.0 Å². The zero-order valence-corrected chi connectivity index (χ0v) is 11.5. The molecule has 1 aliphatic rings. The average molecular weight is 275 g/mol. The van der Waals surface area contributed by atoms with Crippen LogP contribution in [0.25, 0.3) is 5.69 Å². The van der Waals surface area contributed by atoms with E-state index < -0.39 is 0 Å². The number of nitrogens with zero attached hydrogens (tertiary/aromatic N) is 4. The van der Waals surface area contributed by atoms with Gasteiger partial charge in [0.15, 0.2) is 0 Å². The molecular formula is C13H17N5S. The highest BCUT2D eigenvalue weighted by atomic mass is 32.2. The molecule has 1 N–H and O–H groups in total. The number of tetrazole rings is 1. The highest BCUT2D eigenvalue weighted by Crippen LogP contribution is 2.25. The summed E-state index contributed by atoms with van der Waals surface area (Å²) in [5, 5.41) is 15.9. The van der Waals surface area contributed by atoms with Gasteiger partial charge in [-0.25, -0.2) is 0 Å². The van der Waals surface area contributed by atoms with E-state index in [9.17, 15) is 0 Å². The Morgan fingerprint density at radius 2 is 2.16 bits per heavy atom. The molecule has 2 heterocycles. The van der Waals surface area contributed by atoms with Gasteiger partial charge in [-0.2, -0.15) is 16.4 Å². The highest BCUT2D eigenvalue weighted by Gasteiger charge is 2.15. The fourth-order valence-electron chi connectivity index (χ4n) is 2.21. The first-order chi connectivity index (χ1) is 9.43. The summed E-state index contributed by atoms with van der Waals surface area (Å²) >= 11 is 2.05. The molecule has 0 bridgehead atoms. The Labute approximate surface area is 116 Å². The maximum atomic E-state index is 4.06. The van der Waals surface area contributed by atoms with Crippen molar-refractivity contribution < 1.29 is 0 Å². The van der Waals surface area contributed by atoms with Crippen LogP contribution in [-0.2, 0) is 0 Å². The summed E-state index contributed by atoms with van der Waals surface area (Å²) in [6, 6.07) is 9.95. The zero-order chi connectivity index (χ0) is 12.9. The van der Waals surface area contributed by atoms with Crippen LogP contribution < -0.4 is 5.32 Å². The van der Waals surface area contributed by atoms with Crippen molar-refractivity contribution in [3.63, 3.8) is 0 Å². The molecule has 1 fully saturated rings. The van der Waals surface area contributed by atoms with Gasteiger partial charge < -0.3 is 5.32 Å². The fourth-order valence-corrected chi connectivity index (χ4v) is 3.45. The van der Waals surface area contributed by atoms with Crippen molar-refractivity contribution in [3.05, 3.63) is 30.3 Å². The summed E-state index contributed by atoms with van der Waals surface area (Å²) in [5.74, 6) is 1.99. The van der Waals surface area contributed by atoms with E-state index in [0.717, 1.165) is 18.2 Å². The number of thioether (sulfide) groups is 1. The number of para-hydroxylation sites is 1. The molecule has 1 aromatic heterocycles. The van der Waals surface area contributed by atoms with Gasteiger partial charge in [-0.3, -0.25) is 0 Å². The molecule has 0 amide bonds. The van der Waals surface area contributed by atoms with Crippen LogP contribution >= 0.6 is 11.8 Å². The van der Waals surface area contributed by atoms with Crippen molar-refractivity contribution >= 4 is 17.7 Å². The first-order valence-corrected chi connectivity index (χ1v) is 7.67. The predicted octanol–water partition coefficient (Wildman–Crippen LogP) is 2.36. The van der Waals surface area contributed by atoms with Crippen LogP contribution in [0.3, 0.4) is 0 Å². The number of hydrogen-bond donors (Lipinski definition) is 1. The maximum Gasteiger partial charge on any atom is 0.247 e. The van der Waals surface area contributed by atoms with E-state index in [1.54, 1.807) is 4.68 Å². The first-order valence-electron chi connectivity index (χ1n) is 6.63. The van der Waals surface area contributed by atoms with Crippen molar-refractivity contribution in [1.82, 2.24) is 20.2 Å². The molecule has 100 valence electrons. The Kier molecular flexibility index (Phi) is 3.98. The number of hydrogen-bond acceptors (Lipinski definition) is 5. The molecule has 0 saturated carbocycles. The van der Waals surface area contributed by atoms with Gasteiger partial charge in [-0.1, -0.05) is 29.7 Å². The Morgan fingerprint density at radius 1 is 1.26 bits per heavy atom. The summed E-state index contributed by atoms with van der Waals surface area (Å²) in [6.45, 7) is 0.928. The van der Waals surface area contributed by atoms with E-state index in [2.05, 4.69) is 20.8 Å². The molecule has 1 aromatic carbocycles. The molecule has 1 aliphatic heterocycles. The second-order valence-corrected chi connectivity index (χ2v) is 6.03. The molecule has 19 heavy (non-hydrogen) atoms. The highest BCUT2D eigenvalue weighted by molar-refractivity contribution is 7.99. The SMILES string of the molecule is c1ccc(-n2nnnc2NCC2CCCCS2)cc1. The summed E-state index contributed by atoms with van der Waals surface area (Å²) in [4.78, 5) is 0. The van der Waals surface area contributed by atoms with E-state index in [4.69, 9.17) is 0 Å². The van der Waals surface area contributed by atoms with Gasteiger partial charge >= 0.3 is 0 Å². The van der Waals surface area contributed by atoms with Gasteiger partial charge in [0.1, 0.15) is 0 Å². The molecule has 1 saturated heterocycles. The van der Waals surface area contributed by atoms with Gasteiger partial charge in [0, 0.05) is 11.8 Å². The maximum absolute atomic E-state index is 4.06. The van der Waals surface area contributed by atoms with Crippen molar-refractivity contribution in [3.8, 4) is 5.69 Å². The van der Waals surface area contributed by atoms with Gasteiger partial charge in [-0.15, -0.1) is 0 Å². The quantitative estimate of drug-likeness (QED) is 0.928. The third kappa shape index (κ3) is 3.07. The number of anilines is 1. The predicted molar refractivity (Wildman–Crippen MR) is 77.7 cm³/mol. The summed E-state index contributed by atoms with van der Waals surface area (Å²) in [7, 11) is 0. The van der Waals surface area contributed by atoms with Crippen LogP contribution in [0.5, 0.6) is 0 Å². The van der Waals surface area contributed by atoms with Crippen LogP contribution in [-0.4, -0.2) is 37.8 Å². The number of benzene rings is 1. The second-order valence-electron chi connectivity index (χ2n) is 4.62. The minimum absolute atomic E-state index is 0.676. The molecule has 6 heteroatoms. The number of rotatable bonds is 4.